The second-order valence-corrected chi connectivity index (χ2v) is 4.69. The lowest BCUT2D eigenvalue weighted by Gasteiger charge is -2.41. The molecule has 19 heavy (non-hydrogen) atoms. The van der Waals surface area contributed by atoms with Gasteiger partial charge in [0.15, 0.2) is 0 Å². The van der Waals surface area contributed by atoms with E-state index in [1.165, 1.54) is 0 Å². The van der Waals surface area contributed by atoms with Crippen LogP contribution in [0.4, 0.5) is 5.69 Å². The van der Waals surface area contributed by atoms with Crippen LogP contribution in [-0.2, 0) is 4.79 Å². The minimum absolute atomic E-state index is 0.0424. The van der Waals surface area contributed by atoms with Crippen molar-refractivity contribution in [3.8, 4) is 6.07 Å². The molecule has 2 atom stereocenters. The fraction of sp³-hybridized carbons (Fsp3) is 0.429. The number of carbonyl (C=O) groups is 1. The smallest absolute Gasteiger partial charge is 0.242 e. The van der Waals surface area contributed by atoms with E-state index in [1.807, 2.05) is 24.0 Å². The quantitative estimate of drug-likeness (QED) is 0.835. The molecule has 1 aliphatic heterocycles. The first-order chi connectivity index (χ1) is 9.17. The molecule has 2 N–H and O–H groups in total. The third kappa shape index (κ3) is 2.69. The molecule has 0 aliphatic carbocycles. The van der Waals surface area contributed by atoms with Crippen LogP contribution in [0.25, 0.3) is 0 Å². The number of anilines is 1. The molecule has 0 saturated carbocycles. The Hall–Kier alpha value is -2.06. The molecule has 1 aliphatic rings. The van der Waals surface area contributed by atoms with Gasteiger partial charge in [0.1, 0.15) is 6.04 Å². The monoisotopic (exact) mass is 259 g/mol. The van der Waals surface area contributed by atoms with Crippen LogP contribution in [0.3, 0.4) is 0 Å². The van der Waals surface area contributed by atoms with E-state index in [-0.39, 0.29) is 24.6 Å². The Morgan fingerprint density at radius 1 is 1.58 bits per heavy atom. The van der Waals surface area contributed by atoms with Crippen molar-refractivity contribution >= 4 is 11.6 Å². The predicted octanol–water partition coefficient (Wildman–Crippen LogP) is 0.634. The van der Waals surface area contributed by atoms with Gasteiger partial charge in [-0.1, -0.05) is 6.07 Å². The minimum Gasteiger partial charge on any atom is -0.396 e. The first-order valence-corrected chi connectivity index (χ1v) is 6.34. The maximum Gasteiger partial charge on any atom is 0.242 e. The zero-order chi connectivity index (χ0) is 13.8. The Morgan fingerprint density at radius 2 is 2.37 bits per heavy atom. The Bertz CT molecular complexity index is 510. The molecule has 100 valence electrons. The number of rotatable bonds is 3. The zero-order valence-corrected chi connectivity index (χ0v) is 10.8. The summed E-state index contributed by atoms with van der Waals surface area (Å²) in [4.78, 5) is 13.9. The van der Waals surface area contributed by atoms with Gasteiger partial charge >= 0.3 is 0 Å². The van der Waals surface area contributed by atoms with Crippen molar-refractivity contribution in [1.82, 2.24) is 5.32 Å². The zero-order valence-electron chi connectivity index (χ0n) is 10.8. The van der Waals surface area contributed by atoms with E-state index < -0.39 is 0 Å². The van der Waals surface area contributed by atoms with E-state index in [0.717, 1.165) is 5.69 Å². The highest BCUT2D eigenvalue weighted by Gasteiger charge is 2.33. The molecule has 0 aromatic heterocycles. The molecule has 1 heterocycles. The van der Waals surface area contributed by atoms with Gasteiger partial charge in [-0.3, -0.25) is 4.79 Å². The number of amides is 1. The molecule has 5 heteroatoms. The highest BCUT2D eigenvalue weighted by molar-refractivity contribution is 5.87. The van der Waals surface area contributed by atoms with Crippen molar-refractivity contribution in [1.29, 1.82) is 5.26 Å². The lowest BCUT2D eigenvalue weighted by Crippen LogP contribution is -2.60. The number of aliphatic hydroxyl groups is 1. The summed E-state index contributed by atoms with van der Waals surface area (Å²) in [5, 5.41) is 20.9. The lowest BCUT2D eigenvalue weighted by molar-refractivity contribution is -0.124. The number of nitrogens with one attached hydrogen (secondary N) is 1. The predicted molar refractivity (Wildman–Crippen MR) is 71.6 cm³/mol. The number of benzene rings is 1. The summed E-state index contributed by atoms with van der Waals surface area (Å²) in [7, 11) is 0. The summed E-state index contributed by atoms with van der Waals surface area (Å²) in [5.41, 5.74) is 1.42. The number of hydrogen-bond acceptors (Lipinski definition) is 4. The molecule has 2 rings (SSSR count). The number of aliphatic hydroxyl groups excluding tert-OH is 1. The van der Waals surface area contributed by atoms with Crippen LogP contribution in [0.15, 0.2) is 24.3 Å². The van der Waals surface area contributed by atoms with Crippen molar-refractivity contribution in [2.24, 2.45) is 0 Å². The number of nitriles is 1. The molecule has 0 bridgehead atoms. The maximum atomic E-state index is 11.9. The Balaban J connectivity index is 2.36. The van der Waals surface area contributed by atoms with Crippen LogP contribution in [0.2, 0.25) is 0 Å². The van der Waals surface area contributed by atoms with Crippen molar-refractivity contribution in [2.45, 2.75) is 25.4 Å². The third-order valence-electron chi connectivity index (χ3n) is 3.36. The SMILES string of the molecule is CC1CNC(=O)C(CCO)N1c1cccc(C#N)c1. The van der Waals surface area contributed by atoms with Gasteiger partial charge in [0.2, 0.25) is 5.91 Å². The number of nitrogens with zero attached hydrogens (tertiary/aromatic N) is 2. The van der Waals surface area contributed by atoms with E-state index >= 15 is 0 Å². The summed E-state index contributed by atoms with van der Waals surface area (Å²) in [6.45, 7) is 2.54. The molecule has 1 aromatic carbocycles. The molecule has 0 radical (unpaired) electrons. The van der Waals surface area contributed by atoms with Gasteiger partial charge in [0, 0.05) is 24.9 Å². The molecule has 5 nitrogen and oxygen atoms in total. The van der Waals surface area contributed by atoms with E-state index in [1.54, 1.807) is 12.1 Å². The normalized spacial score (nSPS) is 22.8. The summed E-state index contributed by atoms with van der Waals surface area (Å²) < 4.78 is 0. The van der Waals surface area contributed by atoms with Crippen molar-refractivity contribution in [3.63, 3.8) is 0 Å². The average Bonchev–Trinajstić information content (AvgIpc) is 2.43. The molecular formula is C14H17N3O2. The van der Waals surface area contributed by atoms with E-state index in [0.29, 0.717) is 18.5 Å². The van der Waals surface area contributed by atoms with E-state index in [2.05, 4.69) is 11.4 Å². The van der Waals surface area contributed by atoms with Crippen LogP contribution in [0, 0.1) is 11.3 Å². The van der Waals surface area contributed by atoms with Gasteiger partial charge in [-0.25, -0.2) is 0 Å². The van der Waals surface area contributed by atoms with Crippen molar-refractivity contribution < 1.29 is 9.90 Å². The number of hydrogen-bond donors (Lipinski definition) is 2. The Morgan fingerprint density at radius 3 is 3.05 bits per heavy atom. The van der Waals surface area contributed by atoms with Gasteiger partial charge in [0.25, 0.3) is 0 Å². The largest absolute Gasteiger partial charge is 0.396 e. The van der Waals surface area contributed by atoms with Gasteiger partial charge in [-0.2, -0.15) is 5.26 Å². The maximum absolute atomic E-state index is 11.9. The Kier molecular flexibility index (Phi) is 4.03. The topological polar surface area (TPSA) is 76.4 Å². The van der Waals surface area contributed by atoms with Crippen LogP contribution in [-0.4, -0.2) is 36.2 Å². The highest BCUT2D eigenvalue weighted by Crippen LogP contribution is 2.24. The standard InChI is InChI=1S/C14H17N3O2/c1-10-9-16-14(19)13(5-6-18)17(10)12-4-2-3-11(7-12)8-15/h2-4,7,10,13,18H,5-6,9H2,1H3,(H,16,19). The number of piperazine rings is 1. The molecule has 1 aromatic rings. The number of carbonyl (C=O) groups excluding carboxylic acids is 1. The fourth-order valence-corrected chi connectivity index (χ4v) is 2.46. The minimum atomic E-state index is -0.386. The molecule has 2 unspecified atom stereocenters. The second kappa shape index (κ2) is 5.72. The van der Waals surface area contributed by atoms with E-state index in [4.69, 9.17) is 10.4 Å². The molecule has 1 amide bonds. The molecule has 0 spiro atoms. The third-order valence-corrected chi connectivity index (χ3v) is 3.36. The Labute approximate surface area is 112 Å². The molecule has 1 saturated heterocycles. The van der Waals surface area contributed by atoms with Gasteiger partial charge < -0.3 is 15.3 Å². The van der Waals surface area contributed by atoms with Gasteiger partial charge in [0.05, 0.1) is 11.6 Å². The first-order valence-electron chi connectivity index (χ1n) is 6.34. The summed E-state index contributed by atoms with van der Waals surface area (Å²) >= 11 is 0. The summed E-state index contributed by atoms with van der Waals surface area (Å²) in [6.07, 6.45) is 0.382. The van der Waals surface area contributed by atoms with Crippen LogP contribution in [0.5, 0.6) is 0 Å². The van der Waals surface area contributed by atoms with Crippen LogP contribution < -0.4 is 10.2 Å². The lowest BCUT2D eigenvalue weighted by atomic mass is 10.0. The van der Waals surface area contributed by atoms with Crippen LogP contribution in [0.1, 0.15) is 18.9 Å². The highest BCUT2D eigenvalue weighted by atomic mass is 16.3. The first kappa shape index (κ1) is 13.4. The van der Waals surface area contributed by atoms with Gasteiger partial charge in [-0.15, -0.1) is 0 Å². The fourth-order valence-electron chi connectivity index (χ4n) is 2.46. The van der Waals surface area contributed by atoms with Crippen LogP contribution >= 0.6 is 0 Å². The molecule has 1 fully saturated rings. The van der Waals surface area contributed by atoms with Gasteiger partial charge in [-0.05, 0) is 31.5 Å². The second-order valence-electron chi connectivity index (χ2n) is 4.69. The summed E-state index contributed by atoms with van der Waals surface area (Å²) in [5.74, 6) is -0.0745. The van der Waals surface area contributed by atoms with E-state index in [9.17, 15) is 4.79 Å². The molecular weight excluding hydrogens is 242 g/mol. The average molecular weight is 259 g/mol. The van der Waals surface area contributed by atoms with Crippen molar-refractivity contribution in [3.05, 3.63) is 29.8 Å². The summed E-state index contributed by atoms with van der Waals surface area (Å²) in [6, 6.07) is 9.05. The van der Waals surface area contributed by atoms with Crippen molar-refractivity contribution in [2.75, 3.05) is 18.1 Å².